The van der Waals surface area contributed by atoms with E-state index in [-0.39, 0.29) is 0 Å². The number of hydrogen-bond donors (Lipinski definition) is 1. The first kappa shape index (κ1) is 14.1. The molecule has 1 heterocycles. The molecule has 2 atom stereocenters. The topological polar surface area (TPSA) is 12.0 Å². The normalized spacial score (nSPS) is 20.8. The molecule has 0 amide bonds. The van der Waals surface area contributed by atoms with Crippen LogP contribution in [0.15, 0.2) is 12.1 Å². The molecule has 18 heavy (non-hydrogen) atoms. The molecule has 0 spiro atoms. The van der Waals surface area contributed by atoms with Crippen LogP contribution in [0.25, 0.3) is 0 Å². The van der Waals surface area contributed by atoms with Gasteiger partial charge in [-0.2, -0.15) is 0 Å². The van der Waals surface area contributed by atoms with Crippen LogP contribution in [0.1, 0.15) is 68.7 Å². The number of thiophene rings is 1. The van der Waals surface area contributed by atoms with Gasteiger partial charge in [0.05, 0.1) is 0 Å². The van der Waals surface area contributed by atoms with Crippen LogP contribution < -0.4 is 5.32 Å². The summed E-state index contributed by atoms with van der Waals surface area (Å²) < 4.78 is 0. The van der Waals surface area contributed by atoms with Crippen molar-refractivity contribution in [2.75, 3.05) is 0 Å². The van der Waals surface area contributed by atoms with Crippen molar-refractivity contribution in [2.24, 2.45) is 5.92 Å². The molecular weight excluding hydrogens is 238 g/mol. The van der Waals surface area contributed by atoms with Gasteiger partial charge in [0.15, 0.2) is 0 Å². The minimum Gasteiger partial charge on any atom is -0.307 e. The van der Waals surface area contributed by atoms with Crippen molar-refractivity contribution < 1.29 is 0 Å². The molecule has 0 bridgehead atoms. The highest BCUT2D eigenvalue weighted by molar-refractivity contribution is 7.12. The smallest absolute Gasteiger partial charge is 0.0388 e. The van der Waals surface area contributed by atoms with Gasteiger partial charge in [0.1, 0.15) is 0 Å². The summed E-state index contributed by atoms with van der Waals surface area (Å²) in [5.41, 5.74) is 0. The second-order valence-corrected chi connectivity index (χ2v) is 6.93. The molecule has 1 N–H and O–H groups in total. The molecule has 1 saturated carbocycles. The monoisotopic (exact) mass is 265 g/mol. The van der Waals surface area contributed by atoms with E-state index in [0.29, 0.717) is 12.1 Å². The zero-order valence-corrected chi connectivity index (χ0v) is 12.9. The quantitative estimate of drug-likeness (QED) is 0.796. The van der Waals surface area contributed by atoms with E-state index in [2.05, 4.69) is 38.2 Å². The largest absolute Gasteiger partial charge is 0.307 e. The number of aryl methyl sites for hydroxylation is 1. The molecule has 1 unspecified atom stereocenters. The van der Waals surface area contributed by atoms with E-state index in [1.807, 2.05) is 11.3 Å². The Bertz CT molecular complexity index is 352. The van der Waals surface area contributed by atoms with Crippen molar-refractivity contribution in [1.82, 2.24) is 5.32 Å². The molecular formula is C16H27NS. The molecule has 1 nitrogen and oxygen atoms in total. The summed E-state index contributed by atoms with van der Waals surface area (Å²) in [7, 11) is 0. The second kappa shape index (κ2) is 6.72. The van der Waals surface area contributed by atoms with Gasteiger partial charge in [0, 0.05) is 21.8 Å². The number of rotatable bonds is 5. The zero-order valence-electron chi connectivity index (χ0n) is 12.0. The van der Waals surface area contributed by atoms with E-state index >= 15 is 0 Å². The summed E-state index contributed by atoms with van der Waals surface area (Å²) in [5, 5.41) is 3.81. The third-order valence-corrected chi connectivity index (χ3v) is 5.74. The van der Waals surface area contributed by atoms with Crippen molar-refractivity contribution in [3.8, 4) is 0 Å². The van der Waals surface area contributed by atoms with Crippen LogP contribution in [0.2, 0.25) is 0 Å². The van der Waals surface area contributed by atoms with E-state index in [0.717, 1.165) is 12.3 Å². The summed E-state index contributed by atoms with van der Waals surface area (Å²) in [4.78, 5) is 3.00. The first-order valence-electron chi connectivity index (χ1n) is 7.55. The maximum Gasteiger partial charge on any atom is 0.0388 e. The Labute approximate surface area is 116 Å². The molecule has 1 aromatic heterocycles. The fraction of sp³-hybridized carbons (Fsp3) is 0.750. The lowest BCUT2D eigenvalue weighted by atomic mass is 9.84. The molecule has 1 fully saturated rings. The van der Waals surface area contributed by atoms with Gasteiger partial charge in [-0.3, -0.25) is 0 Å². The SMILES string of the molecule is CCc1ccc(C(C)N[C@@H](C)C2CCCCC2)s1. The van der Waals surface area contributed by atoms with Crippen molar-refractivity contribution in [3.63, 3.8) is 0 Å². The van der Waals surface area contributed by atoms with Gasteiger partial charge >= 0.3 is 0 Å². The van der Waals surface area contributed by atoms with E-state index < -0.39 is 0 Å². The van der Waals surface area contributed by atoms with E-state index in [4.69, 9.17) is 0 Å². The molecule has 0 radical (unpaired) electrons. The van der Waals surface area contributed by atoms with Gasteiger partial charge in [-0.15, -0.1) is 11.3 Å². The highest BCUT2D eigenvalue weighted by Crippen LogP contribution is 2.29. The van der Waals surface area contributed by atoms with Crippen LogP contribution in [-0.2, 0) is 6.42 Å². The summed E-state index contributed by atoms with van der Waals surface area (Å²) in [6.07, 6.45) is 8.32. The van der Waals surface area contributed by atoms with E-state index in [9.17, 15) is 0 Å². The molecule has 102 valence electrons. The Morgan fingerprint density at radius 2 is 1.94 bits per heavy atom. The molecule has 1 aliphatic carbocycles. The Morgan fingerprint density at radius 3 is 2.56 bits per heavy atom. The van der Waals surface area contributed by atoms with Crippen molar-refractivity contribution in [3.05, 3.63) is 21.9 Å². The van der Waals surface area contributed by atoms with Gasteiger partial charge in [0.25, 0.3) is 0 Å². The lowest BCUT2D eigenvalue weighted by Crippen LogP contribution is -2.36. The number of nitrogens with one attached hydrogen (secondary N) is 1. The number of hydrogen-bond acceptors (Lipinski definition) is 2. The first-order valence-corrected chi connectivity index (χ1v) is 8.37. The third kappa shape index (κ3) is 3.58. The fourth-order valence-electron chi connectivity index (χ4n) is 3.06. The van der Waals surface area contributed by atoms with Crippen LogP contribution in [0.4, 0.5) is 0 Å². The maximum atomic E-state index is 3.81. The minimum absolute atomic E-state index is 0.507. The van der Waals surface area contributed by atoms with Crippen LogP contribution >= 0.6 is 11.3 Å². The molecule has 1 aliphatic rings. The van der Waals surface area contributed by atoms with Gasteiger partial charge in [-0.1, -0.05) is 26.2 Å². The Balaban J connectivity index is 1.87. The summed E-state index contributed by atoms with van der Waals surface area (Å²) in [5.74, 6) is 0.895. The standard InChI is InChI=1S/C16H27NS/c1-4-15-10-11-16(18-15)13(3)17-12(2)14-8-6-5-7-9-14/h10-14,17H,4-9H2,1-3H3/t12-,13?/m0/s1. The first-order chi connectivity index (χ1) is 8.70. The lowest BCUT2D eigenvalue weighted by Gasteiger charge is -2.30. The van der Waals surface area contributed by atoms with Crippen LogP contribution in [0.5, 0.6) is 0 Å². The van der Waals surface area contributed by atoms with Gasteiger partial charge in [-0.05, 0) is 51.2 Å². The molecule has 1 aromatic rings. The highest BCUT2D eigenvalue weighted by Gasteiger charge is 2.21. The minimum atomic E-state index is 0.507. The van der Waals surface area contributed by atoms with Gasteiger partial charge < -0.3 is 5.32 Å². The molecule has 0 saturated heterocycles. The zero-order chi connectivity index (χ0) is 13.0. The molecule has 0 aromatic carbocycles. The third-order valence-electron chi connectivity index (χ3n) is 4.33. The molecule has 2 heteroatoms. The van der Waals surface area contributed by atoms with Crippen LogP contribution in [0, 0.1) is 5.92 Å². The summed E-state index contributed by atoms with van der Waals surface area (Å²) in [6, 6.07) is 5.75. The average Bonchev–Trinajstić information content (AvgIpc) is 2.88. The Kier molecular flexibility index (Phi) is 5.25. The average molecular weight is 265 g/mol. The Morgan fingerprint density at radius 1 is 1.22 bits per heavy atom. The van der Waals surface area contributed by atoms with E-state index in [1.165, 1.54) is 41.9 Å². The molecule has 2 rings (SSSR count). The van der Waals surface area contributed by atoms with Crippen molar-refractivity contribution in [2.45, 2.75) is 71.4 Å². The highest BCUT2D eigenvalue weighted by atomic mass is 32.1. The molecule has 0 aliphatic heterocycles. The van der Waals surface area contributed by atoms with Gasteiger partial charge in [-0.25, -0.2) is 0 Å². The Hall–Kier alpha value is -0.340. The van der Waals surface area contributed by atoms with E-state index in [1.54, 1.807) is 0 Å². The predicted molar refractivity (Wildman–Crippen MR) is 81.3 cm³/mol. The van der Waals surface area contributed by atoms with Crippen molar-refractivity contribution >= 4 is 11.3 Å². The summed E-state index contributed by atoms with van der Waals surface area (Å²) >= 11 is 1.97. The lowest BCUT2D eigenvalue weighted by molar-refractivity contribution is 0.269. The fourth-order valence-corrected chi connectivity index (χ4v) is 4.03. The predicted octanol–water partition coefficient (Wildman–Crippen LogP) is 4.93. The second-order valence-electron chi connectivity index (χ2n) is 5.73. The van der Waals surface area contributed by atoms with Crippen molar-refractivity contribution in [1.29, 1.82) is 0 Å². The maximum absolute atomic E-state index is 3.81. The summed E-state index contributed by atoms with van der Waals surface area (Å²) in [6.45, 7) is 6.92. The van der Waals surface area contributed by atoms with Gasteiger partial charge in [0.2, 0.25) is 0 Å². The van der Waals surface area contributed by atoms with Crippen LogP contribution in [0.3, 0.4) is 0 Å². The van der Waals surface area contributed by atoms with Crippen LogP contribution in [-0.4, -0.2) is 6.04 Å².